The fourth-order valence-corrected chi connectivity index (χ4v) is 2.45. The van der Waals surface area contributed by atoms with Crippen molar-refractivity contribution in [2.24, 2.45) is 0 Å². The quantitative estimate of drug-likeness (QED) is 0.793. The Morgan fingerprint density at radius 1 is 1.40 bits per heavy atom. The van der Waals surface area contributed by atoms with Crippen molar-refractivity contribution in [3.05, 3.63) is 34.2 Å². The van der Waals surface area contributed by atoms with Gasteiger partial charge in [-0.25, -0.2) is 4.98 Å². The van der Waals surface area contributed by atoms with Crippen LogP contribution in [0, 0.1) is 6.92 Å². The number of hydrogen-bond donors (Lipinski definition) is 2. The van der Waals surface area contributed by atoms with Gasteiger partial charge in [0.1, 0.15) is 11.3 Å². The highest BCUT2D eigenvalue weighted by molar-refractivity contribution is 9.10. The van der Waals surface area contributed by atoms with E-state index in [1.165, 1.54) is 0 Å². The van der Waals surface area contributed by atoms with Gasteiger partial charge in [0.25, 0.3) is 5.91 Å². The maximum Gasteiger partial charge on any atom is 0.270 e. The molecule has 0 radical (unpaired) electrons. The number of rotatable bonds is 6. The standard InChI is InChI=1S/C14H18BrN3O2/c1-10-13(14(20)16-7-3-2-4-8-19)18-9-11(15)5-6-12(18)17-10/h5-6,9,19H,2-4,7-8H2,1H3,(H,16,20). The summed E-state index contributed by atoms with van der Waals surface area (Å²) in [4.78, 5) is 16.6. The number of aliphatic hydroxyl groups excluding tert-OH is 1. The van der Waals surface area contributed by atoms with Crippen LogP contribution in [0.1, 0.15) is 35.4 Å². The summed E-state index contributed by atoms with van der Waals surface area (Å²) in [7, 11) is 0. The minimum Gasteiger partial charge on any atom is -0.396 e. The maximum absolute atomic E-state index is 12.2. The van der Waals surface area contributed by atoms with Crippen molar-refractivity contribution >= 4 is 27.5 Å². The second-order valence-corrected chi connectivity index (χ2v) is 5.58. The number of aryl methyl sites for hydroxylation is 1. The molecule has 0 bridgehead atoms. The number of aromatic nitrogens is 2. The van der Waals surface area contributed by atoms with Crippen molar-refractivity contribution < 1.29 is 9.90 Å². The monoisotopic (exact) mass is 339 g/mol. The molecule has 1 amide bonds. The molecule has 6 heteroatoms. The third-order valence-electron chi connectivity index (χ3n) is 3.09. The van der Waals surface area contributed by atoms with Gasteiger partial charge < -0.3 is 10.4 Å². The Balaban J connectivity index is 2.09. The van der Waals surface area contributed by atoms with Gasteiger partial charge in [-0.15, -0.1) is 0 Å². The van der Waals surface area contributed by atoms with E-state index in [0.29, 0.717) is 12.2 Å². The number of aliphatic hydroxyl groups is 1. The van der Waals surface area contributed by atoms with Gasteiger partial charge in [-0.2, -0.15) is 0 Å². The summed E-state index contributed by atoms with van der Waals surface area (Å²) < 4.78 is 2.70. The molecule has 0 aliphatic carbocycles. The highest BCUT2D eigenvalue weighted by Crippen LogP contribution is 2.16. The summed E-state index contributed by atoms with van der Waals surface area (Å²) in [6.07, 6.45) is 4.40. The number of nitrogens with one attached hydrogen (secondary N) is 1. The molecular weight excluding hydrogens is 322 g/mol. The van der Waals surface area contributed by atoms with E-state index in [2.05, 4.69) is 26.2 Å². The minimum absolute atomic E-state index is 0.114. The predicted molar refractivity (Wildman–Crippen MR) is 80.9 cm³/mol. The van der Waals surface area contributed by atoms with Crippen molar-refractivity contribution in [1.29, 1.82) is 0 Å². The zero-order valence-corrected chi connectivity index (χ0v) is 13.0. The first-order valence-electron chi connectivity index (χ1n) is 6.66. The summed E-state index contributed by atoms with van der Waals surface area (Å²) in [5.74, 6) is -0.114. The van der Waals surface area contributed by atoms with Gasteiger partial charge in [-0.1, -0.05) is 0 Å². The lowest BCUT2D eigenvalue weighted by molar-refractivity contribution is 0.0946. The predicted octanol–water partition coefficient (Wildman–Crippen LogP) is 2.30. The molecule has 0 aromatic carbocycles. The Hall–Kier alpha value is -1.40. The average molecular weight is 340 g/mol. The Morgan fingerprint density at radius 2 is 2.20 bits per heavy atom. The minimum atomic E-state index is -0.114. The molecule has 2 aromatic heterocycles. The van der Waals surface area contributed by atoms with Crippen LogP contribution < -0.4 is 5.32 Å². The number of halogens is 1. The molecule has 108 valence electrons. The molecule has 2 aromatic rings. The number of imidazole rings is 1. The topological polar surface area (TPSA) is 66.6 Å². The highest BCUT2D eigenvalue weighted by Gasteiger charge is 2.16. The lowest BCUT2D eigenvalue weighted by Crippen LogP contribution is -2.26. The van der Waals surface area contributed by atoms with Crippen molar-refractivity contribution in [3.8, 4) is 0 Å². The number of carbonyl (C=O) groups is 1. The van der Waals surface area contributed by atoms with E-state index >= 15 is 0 Å². The second kappa shape index (κ2) is 6.85. The lowest BCUT2D eigenvalue weighted by Gasteiger charge is -2.06. The van der Waals surface area contributed by atoms with Crippen molar-refractivity contribution in [1.82, 2.24) is 14.7 Å². The van der Waals surface area contributed by atoms with E-state index in [-0.39, 0.29) is 12.5 Å². The SMILES string of the molecule is Cc1nc2ccc(Br)cn2c1C(=O)NCCCCCO. The first-order valence-corrected chi connectivity index (χ1v) is 7.46. The smallest absolute Gasteiger partial charge is 0.270 e. The molecule has 5 nitrogen and oxygen atoms in total. The maximum atomic E-state index is 12.2. The second-order valence-electron chi connectivity index (χ2n) is 4.66. The molecule has 0 fully saturated rings. The third kappa shape index (κ3) is 3.37. The Bertz CT molecular complexity index is 610. The van der Waals surface area contributed by atoms with E-state index in [0.717, 1.165) is 35.1 Å². The number of hydrogen-bond acceptors (Lipinski definition) is 3. The summed E-state index contributed by atoms with van der Waals surface area (Å²) in [6, 6.07) is 3.77. The Morgan fingerprint density at radius 3 is 2.95 bits per heavy atom. The van der Waals surface area contributed by atoms with Gasteiger partial charge in [0.2, 0.25) is 0 Å². The lowest BCUT2D eigenvalue weighted by atomic mass is 10.2. The van der Waals surface area contributed by atoms with E-state index in [1.54, 1.807) is 4.40 Å². The van der Waals surface area contributed by atoms with Gasteiger partial charge >= 0.3 is 0 Å². The van der Waals surface area contributed by atoms with Crippen LogP contribution in [0.15, 0.2) is 22.8 Å². The highest BCUT2D eigenvalue weighted by atomic mass is 79.9. The molecule has 0 saturated carbocycles. The van der Waals surface area contributed by atoms with Gasteiger partial charge in [0.15, 0.2) is 0 Å². The van der Waals surface area contributed by atoms with Crippen LogP contribution in [-0.2, 0) is 0 Å². The van der Waals surface area contributed by atoms with Crippen molar-refractivity contribution in [3.63, 3.8) is 0 Å². The first-order chi connectivity index (χ1) is 9.63. The molecule has 0 unspecified atom stereocenters. The van der Waals surface area contributed by atoms with Gasteiger partial charge in [0.05, 0.1) is 5.69 Å². The number of unbranched alkanes of at least 4 members (excludes halogenated alkanes) is 2. The van der Waals surface area contributed by atoms with Crippen LogP contribution in [-0.4, -0.2) is 33.6 Å². The van der Waals surface area contributed by atoms with Crippen LogP contribution in [0.5, 0.6) is 0 Å². The summed E-state index contributed by atoms with van der Waals surface area (Å²) in [6.45, 7) is 2.65. The van der Waals surface area contributed by atoms with Crippen molar-refractivity contribution in [2.75, 3.05) is 13.2 Å². The average Bonchev–Trinajstić information content (AvgIpc) is 2.73. The van der Waals surface area contributed by atoms with Crippen LogP contribution in [0.3, 0.4) is 0 Å². The number of fused-ring (bicyclic) bond motifs is 1. The molecule has 2 heterocycles. The fourth-order valence-electron chi connectivity index (χ4n) is 2.11. The molecule has 0 spiro atoms. The molecule has 2 N–H and O–H groups in total. The zero-order chi connectivity index (χ0) is 14.5. The van der Waals surface area contributed by atoms with Crippen LogP contribution >= 0.6 is 15.9 Å². The van der Waals surface area contributed by atoms with Gasteiger partial charge in [-0.05, 0) is 54.2 Å². The number of amides is 1. The molecule has 0 aliphatic rings. The third-order valence-corrected chi connectivity index (χ3v) is 3.56. The molecular formula is C14H18BrN3O2. The zero-order valence-electron chi connectivity index (χ0n) is 11.4. The van der Waals surface area contributed by atoms with Crippen LogP contribution in [0.4, 0.5) is 0 Å². The summed E-state index contributed by atoms with van der Waals surface area (Å²) in [5, 5.41) is 11.6. The van der Waals surface area contributed by atoms with Crippen molar-refractivity contribution in [2.45, 2.75) is 26.2 Å². The van der Waals surface area contributed by atoms with Gasteiger partial charge in [0, 0.05) is 23.8 Å². The fraction of sp³-hybridized carbons (Fsp3) is 0.429. The molecule has 20 heavy (non-hydrogen) atoms. The summed E-state index contributed by atoms with van der Waals surface area (Å²) >= 11 is 3.40. The molecule has 0 aliphatic heterocycles. The molecule has 0 saturated heterocycles. The van der Waals surface area contributed by atoms with E-state index in [1.807, 2.05) is 25.3 Å². The Labute approximate surface area is 126 Å². The normalized spacial score (nSPS) is 10.9. The van der Waals surface area contributed by atoms with Crippen LogP contribution in [0.2, 0.25) is 0 Å². The molecule has 0 atom stereocenters. The number of nitrogens with zero attached hydrogens (tertiary/aromatic N) is 2. The largest absolute Gasteiger partial charge is 0.396 e. The Kier molecular flexibility index (Phi) is 5.14. The van der Waals surface area contributed by atoms with Crippen LogP contribution in [0.25, 0.3) is 5.65 Å². The van der Waals surface area contributed by atoms with Gasteiger partial charge in [-0.3, -0.25) is 9.20 Å². The van der Waals surface area contributed by atoms with E-state index < -0.39 is 0 Å². The molecule has 2 rings (SSSR count). The summed E-state index contributed by atoms with van der Waals surface area (Å²) in [5.41, 5.74) is 2.05. The van der Waals surface area contributed by atoms with E-state index in [4.69, 9.17) is 5.11 Å². The number of carbonyl (C=O) groups excluding carboxylic acids is 1. The number of pyridine rings is 1. The first kappa shape index (κ1) is 15.0. The van der Waals surface area contributed by atoms with E-state index in [9.17, 15) is 4.79 Å².